The highest BCUT2D eigenvalue weighted by Gasteiger charge is 2.21. The number of likely N-dealkylation sites (tertiary alicyclic amines) is 1. The van der Waals surface area contributed by atoms with Gasteiger partial charge in [-0.15, -0.1) is 0 Å². The maximum absolute atomic E-state index is 12.2. The molecule has 2 fully saturated rings. The molecule has 0 unspecified atom stereocenters. The van der Waals surface area contributed by atoms with Gasteiger partial charge in [-0.2, -0.15) is 0 Å². The number of hydrogen-bond acceptors (Lipinski definition) is 4. The number of amides is 1. The summed E-state index contributed by atoms with van der Waals surface area (Å²) in [6.45, 7) is 8.01. The summed E-state index contributed by atoms with van der Waals surface area (Å²) in [5, 5.41) is 3.64. The van der Waals surface area contributed by atoms with Crippen molar-refractivity contribution in [2.75, 3.05) is 51.3 Å². The number of piperidine rings is 1. The Morgan fingerprint density at radius 3 is 2.67 bits per heavy atom. The second-order valence-corrected chi connectivity index (χ2v) is 6.87. The fraction of sp³-hybridized carbons (Fsp3) is 0.632. The minimum absolute atomic E-state index is 0.276. The first-order valence-corrected chi connectivity index (χ1v) is 9.12. The van der Waals surface area contributed by atoms with Crippen LogP contribution in [0.5, 0.6) is 0 Å². The van der Waals surface area contributed by atoms with E-state index in [0.29, 0.717) is 25.7 Å². The summed E-state index contributed by atoms with van der Waals surface area (Å²) in [5.74, 6) is 0.276. The van der Waals surface area contributed by atoms with Crippen molar-refractivity contribution in [1.29, 1.82) is 0 Å². The zero-order chi connectivity index (χ0) is 16.8. The highest BCUT2D eigenvalue weighted by molar-refractivity contribution is 5.76. The van der Waals surface area contributed by atoms with Gasteiger partial charge in [0.05, 0.1) is 13.2 Å². The van der Waals surface area contributed by atoms with Crippen LogP contribution in [0.15, 0.2) is 24.3 Å². The van der Waals surface area contributed by atoms with Crippen LogP contribution in [0.2, 0.25) is 0 Å². The number of carbonyl (C=O) groups is 1. The maximum Gasteiger partial charge on any atom is 0.224 e. The molecule has 132 valence electrons. The first kappa shape index (κ1) is 17.2. The predicted molar refractivity (Wildman–Crippen MR) is 96.3 cm³/mol. The molecular weight excluding hydrogens is 302 g/mol. The normalized spacial score (nSPS) is 20.1. The molecule has 2 heterocycles. The van der Waals surface area contributed by atoms with Crippen LogP contribution in [0.3, 0.4) is 0 Å². The van der Waals surface area contributed by atoms with Crippen LogP contribution < -0.4 is 5.32 Å². The first-order chi connectivity index (χ1) is 11.7. The number of hydrogen-bond donors (Lipinski definition) is 1. The third-order valence-corrected chi connectivity index (χ3v) is 4.98. The van der Waals surface area contributed by atoms with Crippen LogP contribution in [0.1, 0.15) is 24.8 Å². The average Bonchev–Trinajstić information content (AvgIpc) is 2.62. The minimum Gasteiger partial charge on any atom is -0.382 e. The Kier molecular flexibility index (Phi) is 6.10. The lowest BCUT2D eigenvalue weighted by Gasteiger charge is -2.33. The first-order valence-electron chi connectivity index (χ1n) is 9.12. The Morgan fingerprint density at radius 2 is 1.96 bits per heavy atom. The molecule has 0 bridgehead atoms. The summed E-state index contributed by atoms with van der Waals surface area (Å²) in [6.07, 6.45) is 2.91. The molecule has 0 aromatic heterocycles. The molecule has 1 N–H and O–H groups in total. The maximum atomic E-state index is 12.2. The summed E-state index contributed by atoms with van der Waals surface area (Å²) in [6, 6.07) is 9.11. The van der Waals surface area contributed by atoms with Gasteiger partial charge in [0.1, 0.15) is 0 Å². The minimum atomic E-state index is 0.276. The zero-order valence-corrected chi connectivity index (χ0v) is 14.7. The monoisotopic (exact) mass is 331 g/mol. The van der Waals surface area contributed by atoms with Crippen LogP contribution in [0, 0.1) is 6.92 Å². The number of anilines is 1. The van der Waals surface area contributed by atoms with Crippen LogP contribution >= 0.6 is 0 Å². The van der Waals surface area contributed by atoms with Crippen molar-refractivity contribution in [3.63, 3.8) is 0 Å². The van der Waals surface area contributed by atoms with E-state index in [4.69, 9.17) is 4.74 Å². The molecule has 5 nitrogen and oxygen atoms in total. The van der Waals surface area contributed by atoms with Gasteiger partial charge in [-0.25, -0.2) is 0 Å². The molecular formula is C19H29N3O2. The van der Waals surface area contributed by atoms with Gasteiger partial charge in [-0.05, 0) is 37.5 Å². The summed E-state index contributed by atoms with van der Waals surface area (Å²) in [5.41, 5.74) is 2.51. The third kappa shape index (κ3) is 4.95. The molecule has 0 radical (unpaired) electrons. The Bertz CT molecular complexity index is 535. The number of ether oxygens (including phenoxy) is 1. The molecule has 1 aromatic rings. The lowest BCUT2D eigenvalue weighted by Crippen LogP contribution is -2.44. The van der Waals surface area contributed by atoms with Gasteiger partial charge in [-0.3, -0.25) is 4.79 Å². The lowest BCUT2D eigenvalue weighted by molar-refractivity contribution is -0.135. The molecule has 2 aliphatic heterocycles. The SMILES string of the molecule is Cc1cccc(NC2CCN(CCC(=O)N3CCOCC3)CC2)c1. The van der Waals surface area contributed by atoms with Crippen molar-refractivity contribution in [3.8, 4) is 0 Å². The highest BCUT2D eigenvalue weighted by Crippen LogP contribution is 2.18. The topological polar surface area (TPSA) is 44.8 Å². The van der Waals surface area contributed by atoms with Crippen LogP contribution in [0.25, 0.3) is 0 Å². The fourth-order valence-electron chi connectivity index (χ4n) is 3.50. The molecule has 0 spiro atoms. The number of rotatable bonds is 5. The quantitative estimate of drug-likeness (QED) is 0.898. The van der Waals surface area contributed by atoms with Gasteiger partial charge < -0.3 is 19.9 Å². The number of aryl methyl sites for hydroxylation is 1. The standard InChI is InChI=1S/C19H29N3O2/c1-16-3-2-4-18(15-16)20-17-5-8-21(9-6-17)10-7-19(23)22-11-13-24-14-12-22/h2-4,15,17,20H,5-14H2,1H3. The van der Waals surface area contributed by atoms with Gasteiger partial charge >= 0.3 is 0 Å². The predicted octanol–water partition coefficient (Wildman–Crippen LogP) is 2.12. The van der Waals surface area contributed by atoms with Gasteiger partial charge in [-0.1, -0.05) is 12.1 Å². The van der Waals surface area contributed by atoms with Crippen molar-refractivity contribution in [3.05, 3.63) is 29.8 Å². The van der Waals surface area contributed by atoms with E-state index in [-0.39, 0.29) is 5.91 Å². The Hall–Kier alpha value is -1.59. The largest absolute Gasteiger partial charge is 0.382 e. The summed E-state index contributed by atoms with van der Waals surface area (Å²) in [4.78, 5) is 16.6. The van der Waals surface area contributed by atoms with E-state index in [2.05, 4.69) is 41.4 Å². The smallest absolute Gasteiger partial charge is 0.224 e. The second-order valence-electron chi connectivity index (χ2n) is 6.87. The molecule has 2 saturated heterocycles. The van der Waals surface area contributed by atoms with E-state index < -0.39 is 0 Å². The molecule has 0 atom stereocenters. The van der Waals surface area contributed by atoms with E-state index in [1.165, 1.54) is 11.3 Å². The Morgan fingerprint density at radius 1 is 1.21 bits per heavy atom. The van der Waals surface area contributed by atoms with Crippen LogP contribution in [-0.4, -0.2) is 67.7 Å². The average molecular weight is 331 g/mol. The van der Waals surface area contributed by atoms with Gasteiger partial charge in [0, 0.05) is 50.9 Å². The van der Waals surface area contributed by atoms with Gasteiger partial charge in [0.15, 0.2) is 0 Å². The molecule has 0 aliphatic carbocycles. The summed E-state index contributed by atoms with van der Waals surface area (Å²) in [7, 11) is 0. The number of nitrogens with one attached hydrogen (secondary N) is 1. The second kappa shape index (κ2) is 8.49. The Balaban J connectivity index is 1.36. The van der Waals surface area contributed by atoms with E-state index >= 15 is 0 Å². The van der Waals surface area contributed by atoms with Crippen molar-refractivity contribution >= 4 is 11.6 Å². The molecule has 3 rings (SSSR count). The van der Waals surface area contributed by atoms with Crippen molar-refractivity contribution < 1.29 is 9.53 Å². The number of carbonyl (C=O) groups excluding carboxylic acids is 1. The van der Waals surface area contributed by atoms with Crippen molar-refractivity contribution in [1.82, 2.24) is 9.80 Å². The summed E-state index contributed by atoms with van der Waals surface area (Å²) >= 11 is 0. The molecule has 24 heavy (non-hydrogen) atoms. The fourth-order valence-corrected chi connectivity index (χ4v) is 3.50. The number of benzene rings is 1. The van der Waals surface area contributed by atoms with Crippen molar-refractivity contribution in [2.24, 2.45) is 0 Å². The van der Waals surface area contributed by atoms with Crippen LogP contribution in [-0.2, 0) is 9.53 Å². The number of morpholine rings is 1. The Labute approximate surface area is 145 Å². The molecule has 2 aliphatic rings. The van der Waals surface area contributed by atoms with E-state index in [1.807, 2.05) is 4.90 Å². The van der Waals surface area contributed by atoms with E-state index in [9.17, 15) is 4.79 Å². The van der Waals surface area contributed by atoms with E-state index in [1.54, 1.807) is 0 Å². The van der Waals surface area contributed by atoms with Crippen molar-refractivity contribution in [2.45, 2.75) is 32.2 Å². The molecule has 1 amide bonds. The third-order valence-electron chi connectivity index (χ3n) is 4.98. The number of nitrogens with zero attached hydrogens (tertiary/aromatic N) is 2. The molecule has 5 heteroatoms. The lowest BCUT2D eigenvalue weighted by atomic mass is 10.0. The zero-order valence-electron chi connectivity index (χ0n) is 14.7. The summed E-state index contributed by atoms with van der Waals surface area (Å²) < 4.78 is 5.30. The molecule has 1 aromatic carbocycles. The van der Waals surface area contributed by atoms with Gasteiger partial charge in [0.25, 0.3) is 0 Å². The molecule has 0 saturated carbocycles. The van der Waals surface area contributed by atoms with E-state index in [0.717, 1.165) is 45.6 Å². The highest BCUT2D eigenvalue weighted by atomic mass is 16.5. The van der Waals surface area contributed by atoms with Gasteiger partial charge in [0.2, 0.25) is 5.91 Å². The van der Waals surface area contributed by atoms with Crippen LogP contribution in [0.4, 0.5) is 5.69 Å².